The van der Waals surface area contributed by atoms with Gasteiger partial charge in [-0.3, -0.25) is 14.5 Å². The zero-order chi connectivity index (χ0) is 26.4. The van der Waals surface area contributed by atoms with Crippen LogP contribution in [0.1, 0.15) is 93.1 Å². The van der Waals surface area contributed by atoms with E-state index in [-0.39, 0.29) is 29.6 Å². The summed E-state index contributed by atoms with van der Waals surface area (Å²) in [6.45, 7) is 6.08. The molecule has 7 nitrogen and oxygen atoms in total. The number of rotatable bonds is 7. The van der Waals surface area contributed by atoms with Crippen LogP contribution in [0.3, 0.4) is 0 Å². The average Bonchev–Trinajstić information content (AvgIpc) is 3.30. The monoisotopic (exact) mass is 521 g/mol. The van der Waals surface area contributed by atoms with Crippen molar-refractivity contribution in [3.05, 3.63) is 52.9 Å². The van der Waals surface area contributed by atoms with E-state index in [2.05, 4.69) is 21.7 Å². The SMILES string of the molecule is CC(=O)N1CCc2nc(C)n([C@H]3C[C@H]4CC[C@@H](C3)N4CC[C@H](NC(=O)C3CCC3)c3cccc(F)c3)c2C1. The first-order valence-electron chi connectivity index (χ1n) is 14.5. The molecule has 204 valence electrons. The van der Waals surface area contributed by atoms with Gasteiger partial charge in [-0.1, -0.05) is 18.6 Å². The van der Waals surface area contributed by atoms with E-state index < -0.39 is 0 Å². The van der Waals surface area contributed by atoms with Gasteiger partial charge in [-0.05, 0) is 69.6 Å². The largest absolute Gasteiger partial charge is 0.349 e. The second-order valence-corrected chi connectivity index (χ2v) is 11.9. The molecule has 6 rings (SSSR count). The normalized spacial score (nSPS) is 26.1. The Balaban J connectivity index is 1.15. The molecule has 3 fully saturated rings. The number of fused-ring (bicyclic) bond motifs is 3. The average molecular weight is 522 g/mol. The zero-order valence-corrected chi connectivity index (χ0v) is 22.7. The summed E-state index contributed by atoms with van der Waals surface area (Å²) in [6.07, 6.45) is 9.20. The molecule has 2 saturated heterocycles. The first-order valence-corrected chi connectivity index (χ1v) is 14.5. The second-order valence-electron chi connectivity index (χ2n) is 11.9. The fourth-order valence-electron chi connectivity index (χ4n) is 7.37. The molecular formula is C30H40FN5O2. The van der Waals surface area contributed by atoms with Crippen LogP contribution in [0.5, 0.6) is 0 Å². The number of imidazole rings is 1. The molecule has 1 aromatic heterocycles. The molecular weight excluding hydrogens is 481 g/mol. The summed E-state index contributed by atoms with van der Waals surface area (Å²) in [4.78, 5) is 34.4. The summed E-state index contributed by atoms with van der Waals surface area (Å²) in [5, 5.41) is 3.26. The molecule has 0 unspecified atom stereocenters. The van der Waals surface area contributed by atoms with Crippen LogP contribution < -0.4 is 5.32 Å². The van der Waals surface area contributed by atoms with Crippen LogP contribution in [-0.2, 0) is 22.6 Å². The van der Waals surface area contributed by atoms with Gasteiger partial charge in [-0.15, -0.1) is 0 Å². The van der Waals surface area contributed by atoms with Crippen LogP contribution in [0.4, 0.5) is 4.39 Å². The van der Waals surface area contributed by atoms with Gasteiger partial charge in [-0.25, -0.2) is 9.37 Å². The molecule has 4 aliphatic rings. The number of nitrogens with one attached hydrogen (secondary N) is 1. The summed E-state index contributed by atoms with van der Waals surface area (Å²) in [5.41, 5.74) is 3.25. The Bertz CT molecular complexity index is 1190. The summed E-state index contributed by atoms with van der Waals surface area (Å²) >= 11 is 0. The van der Waals surface area contributed by atoms with Gasteiger partial charge >= 0.3 is 0 Å². The van der Waals surface area contributed by atoms with Crippen LogP contribution >= 0.6 is 0 Å². The first kappa shape index (κ1) is 25.5. The van der Waals surface area contributed by atoms with Crippen molar-refractivity contribution in [1.82, 2.24) is 24.7 Å². The summed E-state index contributed by atoms with van der Waals surface area (Å²) in [7, 11) is 0. The van der Waals surface area contributed by atoms with Crippen molar-refractivity contribution in [3.63, 3.8) is 0 Å². The minimum Gasteiger partial charge on any atom is -0.349 e. The lowest BCUT2D eigenvalue weighted by Crippen LogP contribution is -2.46. The Morgan fingerprint density at radius 3 is 2.55 bits per heavy atom. The van der Waals surface area contributed by atoms with Crippen LogP contribution in [0.2, 0.25) is 0 Å². The Kier molecular flexibility index (Phi) is 7.01. The second kappa shape index (κ2) is 10.4. The van der Waals surface area contributed by atoms with E-state index in [9.17, 15) is 14.0 Å². The fraction of sp³-hybridized carbons (Fsp3) is 0.633. The Morgan fingerprint density at radius 1 is 1.13 bits per heavy atom. The van der Waals surface area contributed by atoms with Gasteiger partial charge < -0.3 is 14.8 Å². The van der Waals surface area contributed by atoms with Crippen molar-refractivity contribution in [3.8, 4) is 0 Å². The van der Waals surface area contributed by atoms with Gasteiger partial charge in [0.1, 0.15) is 11.6 Å². The van der Waals surface area contributed by atoms with Crippen molar-refractivity contribution in [2.75, 3.05) is 13.1 Å². The molecule has 2 bridgehead atoms. The predicted molar refractivity (Wildman–Crippen MR) is 143 cm³/mol. The van der Waals surface area contributed by atoms with E-state index in [1.165, 1.54) is 24.6 Å². The lowest BCUT2D eigenvalue weighted by molar-refractivity contribution is -0.130. The van der Waals surface area contributed by atoms with Crippen molar-refractivity contribution in [2.24, 2.45) is 5.92 Å². The molecule has 1 aliphatic carbocycles. The molecule has 3 aliphatic heterocycles. The highest BCUT2D eigenvalue weighted by molar-refractivity contribution is 5.79. The van der Waals surface area contributed by atoms with Crippen molar-refractivity contribution >= 4 is 11.8 Å². The molecule has 2 aromatic rings. The molecule has 4 heterocycles. The molecule has 0 spiro atoms. The molecule has 8 heteroatoms. The minimum atomic E-state index is -0.256. The maximum atomic E-state index is 14.1. The van der Waals surface area contributed by atoms with Gasteiger partial charge in [0.2, 0.25) is 11.8 Å². The third kappa shape index (κ3) is 4.88. The molecule has 1 aromatic carbocycles. The highest BCUT2D eigenvalue weighted by Crippen LogP contribution is 2.43. The van der Waals surface area contributed by atoms with Gasteiger partial charge in [-0.2, -0.15) is 0 Å². The third-order valence-electron chi connectivity index (χ3n) is 9.62. The zero-order valence-electron chi connectivity index (χ0n) is 22.7. The number of hydrogen-bond donors (Lipinski definition) is 1. The van der Waals surface area contributed by atoms with Crippen LogP contribution in [0, 0.1) is 18.7 Å². The first-order chi connectivity index (χ1) is 18.4. The lowest BCUT2D eigenvalue weighted by atomic mass is 9.84. The number of aromatic nitrogens is 2. The molecule has 4 atom stereocenters. The molecule has 2 amide bonds. The number of hydrogen-bond acceptors (Lipinski definition) is 4. The van der Waals surface area contributed by atoms with E-state index in [0.29, 0.717) is 24.7 Å². The Morgan fingerprint density at radius 2 is 1.89 bits per heavy atom. The summed E-state index contributed by atoms with van der Waals surface area (Å²) in [6, 6.07) is 7.95. The predicted octanol–water partition coefficient (Wildman–Crippen LogP) is 4.45. The summed E-state index contributed by atoms with van der Waals surface area (Å²) < 4.78 is 16.5. The number of nitrogens with zero attached hydrogens (tertiary/aromatic N) is 4. The number of halogens is 1. The number of carbonyl (C=O) groups excluding carboxylic acids is 2. The summed E-state index contributed by atoms with van der Waals surface area (Å²) in [5.74, 6) is 1.18. The highest BCUT2D eigenvalue weighted by atomic mass is 19.1. The van der Waals surface area contributed by atoms with E-state index in [1.807, 2.05) is 11.0 Å². The highest BCUT2D eigenvalue weighted by Gasteiger charge is 2.42. The molecule has 0 radical (unpaired) electrons. The van der Waals surface area contributed by atoms with E-state index >= 15 is 0 Å². The number of amides is 2. The topological polar surface area (TPSA) is 70.5 Å². The van der Waals surface area contributed by atoms with Crippen LogP contribution in [0.15, 0.2) is 24.3 Å². The molecule has 1 N–H and O–H groups in total. The van der Waals surface area contributed by atoms with Crippen LogP contribution in [-0.4, -0.2) is 56.3 Å². The van der Waals surface area contributed by atoms with Crippen molar-refractivity contribution in [2.45, 2.75) is 102 Å². The van der Waals surface area contributed by atoms with E-state index in [1.54, 1.807) is 19.1 Å². The standard InChI is InChI=1S/C30H40FN5O2/c1-19-32-28-11-13-34(20(2)37)18-29(28)36(19)26-16-24-9-10-25(17-26)35(24)14-12-27(22-7-4-8-23(31)15-22)33-30(38)21-5-3-6-21/h4,7-8,15,21,24-27H,3,5-6,9-14,16-18H2,1-2H3,(H,33,38)/t24-,25+,26+,27-/m0/s1. The number of carbonyl (C=O) groups is 2. The van der Waals surface area contributed by atoms with Crippen molar-refractivity contribution in [1.29, 1.82) is 0 Å². The van der Waals surface area contributed by atoms with E-state index in [0.717, 1.165) is 75.1 Å². The fourth-order valence-corrected chi connectivity index (χ4v) is 7.37. The van der Waals surface area contributed by atoms with Crippen molar-refractivity contribution < 1.29 is 14.0 Å². The third-order valence-corrected chi connectivity index (χ3v) is 9.62. The van der Waals surface area contributed by atoms with Gasteiger partial charge in [0, 0.05) is 50.5 Å². The van der Waals surface area contributed by atoms with Gasteiger partial charge in [0.25, 0.3) is 0 Å². The number of piperidine rings is 1. The maximum Gasteiger partial charge on any atom is 0.223 e. The molecule has 1 saturated carbocycles. The van der Waals surface area contributed by atoms with Gasteiger partial charge in [0.15, 0.2) is 0 Å². The number of aryl methyl sites for hydroxylation is 1. The van der Waals surface area contributed by atoms with E-state index in [4.69, 9.17) is 4.98 Å². The molecule has 38 heavy (non-hydrogen) atoms. The smallest absolute Gasteiger partial charge is 0.223 e. The Hall–Kier alpha value is -2.74. The Labute approximate surface area is 224 Å². The van der Waals surface area contributed by atoms with Crippen LogP contribution in [0.25, 0.3) is 0 Å². The van der Waals surface area contributed by atoms with Gasteiger partial charge in [0.05, 0.1) is 24.0 Å². The quantitative estimate of drug-likeness (QED) is 0.585. The minimum absolute atomic E-state index is 0.112. The maximum absolute atomic E-state index is 14.1. The lowest BCUT2D eigenvalue weighted by Gasteiger charge is -2.41. The number of benzene rings is 1.